The third kappa shape index (κ3) is 2.82. The van der Waals surface area contributed by atoms with Crippen molar-refractivity contribution in [3.8, 4) is 0 Å². The second-order valence-corrected chi connectivity index (χ2v) is 4.61. The molecule has 1 heterocycles. The molecule has 3 N–H and O–H groups in total. The van der Waals surface area contributed by atoms with Crippen LogP contribution >= 0.6 is 0 Å². The van der Waals surface area contributed by atoms with Crippen molar-refractivity contribution < 1.29 is 9.90 Å². The number of rotatable bonds is 4. The summed E-state index contributed by atoms with van der Waals surface area (Å²) in [5.41, 5.74) is 9.05. The van der Waals surface area contributed by atoms with E-state index in [-0.39, 0.29) is 12.3 Å². The Morgan fingerprint density at radius 2 is 2.24 bits per heavy atom. The topological polar surface area (TPSA) is 76.2 Å². The number of aromatic nitrogens is 1. The van der Waals surface area contributed by atoms with Crippen LogP contribution in [0, 0.1) is 0 Å². The molecule has 0 spiro atoms. The van der Waals surface area contributed by atoms with Crippen molar-refractivity contribution in [1.82, 2.24) is 4.98 Å². The number of hydrogen-bond donors (Lipinski definition) is 2. The third-order valence-electron chi connectivity index (χ3n) is 3.37. The number of pyridine rings is 1. The van der Waals surface area contributed by atoms with Crippen LogP contribution in [0.1, 0.15) is 42.0 Å². The maximum atomic E-state index is 10.8. The van der Waals surface area contributed by atoms with Gasteiger partial charge in [0.25, 0.3) is 0 Å². The van der Waals surface area contributed by atoms with E-state index in [0.29, 0.717) is 6.54 Å². The van der Waals surface area contributed by atoms with Crippen LogP contribution in [-0.2, 0) is 17.6 Å². The Morgan fingerprint density at radius 1 is 1.47 bits per heavy atom. The molecular formula is C13H18N2O2. The molecule has 0 radical (unpaired) electrons. The van der Waals surface area contributed by atoms with Crippen molar-refractivity contribution in [3.05, 3.63) is 29.1 Å². The molecule has 2 rings (SSSR count). The van der Waals surface area contributed by atoms with E-state index in [9.17, 15) is 4.79 Å². The van der Waals surface area contributed by atoms with E-state index in [4.69, 9.17) is 10.8 Å². The van der Waals surface area contributed by atoms with Crippen LogP contribution < -0.4 is 5.73 Å². The second kappa shape index (κ2) is 5.27. The first kappa shape index (κ1) is 12.0. The standard InChI is InChI=1S/C13H18N2O2/c14-7-10(6-13(16)17)11-5-9-3-1-2-4-12(9)15-8-11/h5,8,10H,1-4,6-7,14H2,(H,16,17). The fourth-order valence-corrected chi connectivity index (χ4v) is 2.38. The predicted octanol–water partition coefficient (Wildman–Crippen LogP) is 1.48. The normalized spacial score (nSPS) is 16.3. The smallest absolute Gasteiger partial charge is 0.304 e. The van der Waals surface area contributed by atoms with E-state index >= 15 is 0 Å². The van der Waals surface area contributed by atoms with Gasteiger partial charge in [-0.2, -0.15) is 0 Å². The number of hydrogen-bond acceptors (Lipinski definition) is 3. The molecule has 0 amide bonds. The lowest BCUT2D eigenvalue weighted by Crippen LogP contribution is -2.17. The summed E-state index contributed by atoms with van der Waals surface area (Å²) >= 11 is 0. The molecule has 4 nitrogen and oxygen atoms in total. The highest BCUT2D eigenvalue weighted by Gasteiger charge is 2.17. The summed E-state index contributed by atoms with van der Waals surface area (Å²) in [6.07, 6.45) is 6.38. The van der Waals surface area contributed by atoms with Crippen LogP contribution in [0.15, 0.2) is 12.3 Å². The van der Waals surface area contributed by atoms with Gasteiger partial charge in [-0.1, -0.05) is 6.07 Å². The van der Waals surface area contributed by atoms with Crippen molar-refractivity contribution in [2.45, 2.75) is 38.0 Å². The minimum atomic E-state index is -0.807. The van der Waals surface area contributed by atoms with Crippen LogP contribution in [0.25, 0.3) is 0 Å². The average Bonchev–Trinajstić information content (AvgIpc) is 2.35. The molecule has 92 valence electrons. The molecule has 4 heteroatoms. The van der Waals surface area contributed by atoms with E-state index in [1.54, 1.807) is 6.20 Å². The summed E-state index contributed by atoms with van der Waals surface area (Å²) in [6.45, 7) is 0.354. The van der Waals surface area contributed by atoms with Gasteiger partial charge >= 0.3 is 5.97 Å². The fourth-order valence-electron chi connectivity index (χ4n) is 2.38. The first-order valence-electron chi connectivity index (χ1n) is 6.10. The van der Waals surface area contributed by atoms with Crippen molar-refractivity contribution in [3.63, 3.8) is 0 Å². The SMILES string of the molecule is NCC(CC(=O)O)c1cnc2c(c1)CCCC2. The van der Waals surface area contributed by atoms with Gasteiger partial charge in [0, 0.05) is 17.8 Å². The average molecular weight is 234 g/mol. The maximum Gasteiger partial charge on any atom is 0.304 e. The quantitative estimate of drug-likeness (QED) is 0.827. The number of aliphatic carboxylic acids is 1. The van der Waals surface area contributed by atoms with Crippen LogP contribution in [-0.4, -0.2) is 22.6 Å². The summed E-state index contributed by atoms with van der Waals surface area (Å²) in [5.74, 6) is -0.926. The molecule has 0 aliphatic heterocycles. The molecule has 0 aromatic carbocycles. The van der Waals surface area contributed by atoms with Gasteiger partial charge in [0.2, 0.25) is 0 Å². The Bertz CT molecular complexity index is 418. The zero-order valence-electron chi connectivity index (χ0n) is 9.85. The van der Waals surface area contributed by atoms with Crippen LogP contribution in [0.3, 0.4) is 0 Å². The first-order valence-corrected chi connectivity index (χ1v) is 6.10. The molecule has 1 unspecified atom stereocenters. The monoisotopic (exact) mass is 234 g/mol. The minimum Gasteiger partial charge on any atom is -0.481 e. The lowest BCUT2D eigenvalue weighted by atomic mass is 9.90. The second-order valence-electron chi connectivity index (χ2n) is 4.61. The maximum absolute atomic E-state index is 10.8. The molecule has 0 bridgehead atoms. The zero-order chi connectivity index (χ0) is 12.3. The highest BCUT2D eigenvalue weighted by atomic mass is 16.4. The number of carboxylic acids is 1. The van der Waals surface area contributed by atoms with Gasteiger partial charge in [0.05, 0.1) is 6.42 Å². The Morgan fingerprint density at radius 3 is 2.94 bits per heavy atom. The molecule has 17 heavy (non-hydrogen) atoms. The van der Waals surface area contributed by atoms with Crippen molar-refractivity contribution in [2.75, 3.05) is 6.54 Å². The fraction of sp³-hybridized carbons (Fsp3) is 0.538. The number of aryl methyl sites for hydroxylation is 2. The molecule has 0 saturated heterocycles. The third-order valence-corrected chi connectivity index (χ3v) is 3.37. The number of carbonyl (C=O) groups is 1. The zero-order valence-corrected chi connectivity index (χ0v) is 9.85. The molecule has 1 atom stereocenters. The summed E-state index contributed by atoms with van der Waals surface area (Å²) in [4.78, 5) is 15.2. The van der Waals surface area contributed by atoms with Gasteiger partial charge < -0.3 is 10.8 Å². The minimum absolute atomic E-state index is 0.0803. The largest absolute Gasteiger partial charge is 0.481 e. The highest BCUT2D eigenvalue weighted by Crippen LogP contribution is 2.24. The van der Waals surface area contributed by atoms with Crippen LogP contribution in [0.5, 0.6) is 0 Å². The van der Waals surface area contributed by atoms with Crippen LogP contribution in [0.4, 0.5) is 0 Å². The number of nitrogens with zero attached hydrogens (tertiary/aromatic N) is 1. The van der Waals surface area contributed by atoms with Crippen LogP contribution in [0.2, 0.25) is 0 Å². The van der Waals surface area contributed by atoms with E-state index < -0.39 is 5.97 Å². The Kier molecular flexibility index (Phi) is 3.74. The van der Waals surface area contributed by atoms with E-state index in [1.807, 2.05) is 0 Å². The summed E-state index contributed by atoms with van der Waals surface area (Å²) in [7, 11) is 0. The Labute approximate surface area is 101 Å². The lowest BCUT2D eigenvalue weighted by molar-refractivity contribution is -0.137. The van der Waals surface area contributed by atoms with Gasteiger partial charge in [-0.25, -0.2) is 0 Å². The van der Waals surface area contributed by atoms with Gasteiger partial charge in [0.15, 0.2) is 0 Å². The van der Waals surface area contributed by atoms with Gasteiger partial charge in [0.1, 0.15) is 0 Å². The molecule has 1 aromatic heterocycles. The Hall–Kier alpha value is -1.42. The van der Waals surface area contributed by atoms with Crippen molar-refractivity contribution in [1.29, 1.82) is 0 Å². The van der Waals surface area contributed by atoms with Crippen molar-refractivity contribution in [2.24, 2.45) is 5.73 Å². The highest BCUT2D eigenvalue weighted by molar-refractivity contribution is 5.68. The van der Waals surface area contributed by atoms with E-state index in [1.165, 1.54) is 24.1 Å². The van der Waals surface area contributed by atoms with E-state index in [0.717, 1.165) is 18.4 Å². The molecule has 1 aliphatic rings. The lowest BCUT2D eigenvalue weighted by Gasteiger charge is -2.18. The summed E-state index contributed by atoms with van der Waals surface area (Å²) in [5, 5.41) is 8.84. The molecule has 0 fully saturated rings. The van der Waals surface area contributed by atoms with Gasteiger partial charge in [-0.15, -0.1) is 0 Å². The molecule has 1 aliphatic carbocycles. The first-order chi connectivity index (χ1) is 8.20. The molecule has 1 aromatic rings. The van der Waals surface area contributed by atoms with E-state index in [2.05, 4.69) is 11.1 Å². The Balaban J connectivity index is 2.22. The predicted molar refractivity (Wildman–Crippen MR) is 64.9 cm³/mol. The summed E-state index contributed by atoms with van der Waals surface area (Å²) < 4.78 is 0. The van der Waals surface area contributed by atoms with Crippen molar-refractivity contribution >= 4 is 5.97 Å². The number of fused-ring (bicyclic) bond motifs is 1. The van der Waals surface area contributed by atoms with Gasteiger partial charge in [-0.05, 0) is 43.4 Å². The summed E-state index contributed by atoms with van der Waals surface area (Å²) in [6, 6.07) is 2.10. The van der Waals surface area contributed by atoms with Gasteiger partial charge in [-0.3, -0.25) is 9.78 Å². The number of carboxylic acid groups (broad SMARTS) is 1. The molecular weight excluding hydrogens is 216 g/mol. The number of nitrogens with two attached hydrogens (primary N) is 1. The molecule has 0 saturated carbocycles.